The third kappa shape index (κ3) is 3.44. The highest BCUT2D eigenvalue weighted by atomic mass is 32.1. The van der Waals surface area contributed by atoms with Gasteiger partial charge in [0.2, 0.25) is 0 Å². The molecule has 0 aromatic carbocycles. The standard InChI is InChI=1S/C15H23N3S/c1-14(2,3)12-8-17-18(10-12)7-6-15(4,5)13-9-16-11-19-13/h8-11H,6-7H2,1-5H3. The second kappa shape index (κ2) is 5.08. The lowest BCUT2D eigenvalue weighted by Crippen LogP contribution is -2.18. The van der Waals surface area contributed by atoms with Crippen molar-refractivity contribution in [3.63, 3.8) is 0 Å². The Labute approximate surface area is 119 Å². The van der Waals surface area contributed by atoms with Crippen molar-refractivity contribution in [1.29, 1.82) is 0 Å². The fourth-order valence-corrected chi connectivity index (χ4v) is 2.72. The molecule has 3 nitrogen and oxygen atoms in total. The molecule has 2 aromatic rings. The summed E-state index contributed by atoms with van der Waals surface area (Å²) in [7, 11) is 0. The summed E-state index contributed by atoms with van der Waals surface area (Å²) in [5, 5.41) is 4.47. The fourth-order valence-electron chi connectivity index (χ4n) is 1.94. The zero-order chi connectivity index (χ0) is 14.1. The Hall–Kier alpha value is -1.16. The van der Waals surface area contributed by atoms with Gasteiger partial charge < -0.3 is 0 Å². The molecule has 104 valence electrons. The van der Waals surface area contributed by atoms with Gasteiger partial charge in [0.25, 0.3) is 0 Å². The van der Waals surface area contributed by atoms with Gasteiger partial charge in [-0.1, -0.05) is 34.6 Å². The quantitative estimate of drug-likeness (QED) is 0.845. The third-order valence-electron chi connectivity index (χ3n) is 3.56. The molecule has 0 atom stereocenters. The molecule has 0 radical (unpaired) electrons. The summed E-state index contributed by atoms with van der Waals surface area (Å²) < 4.78 is 2.06. The number of aromatic nitrogens is 3. The molecule has 0 unspecified atom stereocenters. The largest absolute Gasteiger partial charge is 0.272 e. The van der Waals surface area contributed by atoms with Crippen LogP contribution in [0.1, 0.15) is 51.5 Å². The van der Waals surface area contributed by atoms with Crippen LogP contribution in [0, 0.1) is 0 Å². The van der Waals surface area contributed by atoms with Gasteiger partial charge in [-0.05, 0) is 17.4 Å². The van der Waals surface area contributed by atoms with Crippen molar-refractivity contribution in [1.82, 2.24) is 14.8 Å². The van der Waals surface area contributed by atoms with E-state index in [1.807, 2.05) is 17.9 Å². The average Bonchev–Trinajstić information content (AvgIpc) is 2.97. The first-order valence-corrected chi connectivity index (χ1v) is 7.59. The number of rotatable bonds is 4. The van der Waals surface area contributed by atoms with E-state index in [-0.39, 0.29) is 10.8 Å². The first kappa shape index (κ1) is 14.3. The number of nitrogens with zero attached hydrogens (tertiary/aromatic N) is 3. The van der Waals surface area contributed by atoms with Crippen molar-refractivity contribution in [3.8, 4) is 0 Å². The van der Waals surface area contributed by atoms with E-state index in [2.05, 4.69) is 55.6 Å². The summed E-state index contributed by atoms with van der Waals surface area (Å²) in [6, 6.07) is 0. The van der Waals surface area contributed by atoms with E-state index < -0.39 is 0 Å². The Bertz CT molecular complexity index is 518. The monoisotopic (exact) mass is 277 g/mol. The molecular formula is C15H23N3S. The Balaban J connectivity index is 2.01. The maximum Gasteiger partial charge on any atom is 0.0794 e. The lowest BCUT2D eigenvalue weighted by Gasteiger charge is -2.22. The van der Waals surface area contributed by atoms with E-state index in [9.17, 15) is 0 Å². The van der Waals surface area contributed by atoms with Gasteiger partial charge in [-0.3, -0.25) is 9.67 Å². The predicted molar refractivity (Wildman–Crippen MR) is 80.7 cm³/mol. The maximum absolute atomic E-state index is 4.47. The predicted octanol–water partition coefficient (Wildman–Crippen LogP) is 4.01. The Kier molecular flexibility index (Phi) is 3.81. The Morgan fingerprint density at radius 2 is 1.89 bits per heavy atom. The molecule has 19 heavy (non-hydrogen) atoms. The van der Waals surface area contributed by atoms with Crippen molar-refractivity contribution in [2.45, 2.75) is 58.4 Å². The summed E-state index contributed by atoms with van der Waals surface area (Å²) in [5.41, 5.74) is 3.53. The SMILES string of the molecule is CC(C)(C)c1cnn(CCC(C)(C)c2cncs2)c1. The molecule has 2 heterocycles. The number of thiazole rings is 1. The van der Waals surface area contributed by atoms with E-state index in [1.165, 1.54) is 10.4 Å². The summed E-state index contributed by atoms with van der Waals surface area (Å²) in [6.07, 6.45) is 7.21. The van der Waals surface area contributed by atoms with Gasteiger partial charge in [0.05, 0.1) is 11.7 Å². The minimum absolute atomic E-state index is 0.162. The minimum Gasteiger partial charge on any atom is -0.272 e. The van der Waals surface area contributed by atoms with Gasteiger partial charge >= 0.3 is 0 Å². The summed E-state index contributed by atoms with van der Waals surface area (Å²) in [6.45, 7) is 12.1. The second-order valence-corrected chi connectivity index (χ2v) is 7.63. The number of aryl methyl sites for hydroxylation is 1. The van der Waals surface area contributed by atoms with Crippen molar-refractivity contribution in [2.75, 3.05) is 0 Å². The maximum atomic E-state index is 4.47. The van der Waals surface area contributed by atoms with E-state index >= 15 is 0 Å². The highest BCUT2D eigenvalue weighted by Crippen LogP contribution is 2.30. The molecule has 4 heteroatoms. The van der Waals surface area contributed by atoms with Crippen molar-refractivity contribution < 1.29 is 0 Å². The summed E-state index contributed by atoms with van der Waals surface area (Å²) in [4.78, 5) is 5.52. The fraction of sp³-hybridized carbons (Fsp3) is 0.600. The molecule has 0 amide bonds. The number of hydrogen-bond donors (Lipinski definition) is 0. The van der Waals surface area contributed by atoms with Gasteiger partial charge in [0.1, 0.15) is 0 Å². The molecular weight excluding hydrogens is 254 g/mol. The smallest absolute Gasteiger partial charge is 0.0794 e. The molecule has 0 saturated carbocycles. The van der Waals surface area contributed by atoms with Gasteiger partial charge in [-0.25, -0.2) is 0 Å². The van der Waals surface area contributed by atoms with Crippen LogP contribution in [0.25, 0.3) is 0 Å². The summed E-state index contributed by atoms with van der Waals surface area (Å²) in [5.74, 6) is 0. The molecule has 2 rings (SSSR count). The third-order valence-corrected chi connectivity index (χ3v) is 4.70. The van der Waals surface area contributed by atoms with Crippen LogP contribution in [0.2, 0.25) is 0 Å². The lowest BCUT2D eigenvalue weighted by atomic mass is 9.88. The highest BCUT2D eigenvalue weighted by molar-refractivity contribution is 7.09. The first-order valence-electron chi connectivity index (χ1n) is 6.71. The van der Waals surface area contributed by atoms with Gasteiger partial charge in [0.15, 0.2) is 0 Å². The van der Waals surface area contributed by atoms with E-state index in [0.29, 0.717) is 0 Å². The van der Waals surface area contributed by atoms with Crippen LogP contribution in [0.5, 0.6) is 0 Å². The second-order valence-electron chi connectivity index (χ2n) is 6.74. The number of hydrogen-bond acceptors (Lipinski definition) is 3. The van der Waals surface area contributed by atoms with E-state index in [0.717, 1.165) is 13.0 Å². The Morgan fingerprint density at radius 3 is 2.42 bits per heavy atom. The van der Waals surface area contributed by atoms with E-state index in [4.69, 9.17) is 0 Å². The molecule has 0 N–H and O–H groups in total. The van der Waals surface area contributed by atoms with Crippen LogP contribution in [-0.4, -0.2) is 14.8 Å². The average molecular weight is 277 g/mol. The molecule has 0 spiro atoms. The molecule has 0 aliphatic heterocycles. The molecule has 0 bridgehead atoms. The first-order chi connectivity index (χ1) is 8.79. The van der Waals surface area contributed by atoms with Crippen molar-refractivity contribution >= 4 is 11.3 Å². The molecule has 0 aliphatic carbocycles. The Morgan fingerprint density at radius 1 is 1.16 bits per heavy atom. The van der Waals surface area contributed by atoms with Crippen LogP contribution < -0.4 is 0 Å². The van der Waals surface area contributed by atoms with Crippen LogP contribution >= 0.6 is 11.3 Å². The van der Waals surface area contributed by atoms with Gasteiger partial charge in [0, 0.05) is 29.2 Å². The molecule has 2 aromatic heterocycles. The van der Waals surface area contributed by atoms with Crippen LogP contribution in [0.3, 0.4) is 0 Å². The van der Waals surface area contributed by atoms with Crippen molar-refractivity contribution in [2.24, 2.45) is 0 Å². The summed E-state index contributed by atoms with van der Waals surface area (Å²) >= 11 is 1.73. The van der Waals surface area contributed by atoms with Crippen LogP contribution in [0.4, 0.5) is 0 Å². The van der Waals surface area contributed by atoms with Crippen LogP contribution in [0.15, 0.2) is 24.1 Å². The van der Waals surface area contributed by atoms with E-state index in [1.54, 1.807) is 11.3 Å². The van der Waals surface area contributed by atoms with Gasteiger partial charge in [-0.15, -0.1) is 11.3 Å². The van der Waals surface area contributed by atoms with Crippen molar-refractivity contribution in [3.05, 3.63) is 34.5 Å². The van der Waals surface area contributed by atoms with Crippen LogP contribution in [-0.2, 0) is 17.4 Å². The van der Waals surface area contributed by atoms with Gasteiger partial charge in [-0.2, -0.15) is 5.10 Å². The normalized spacial score (nSPS) is 12.9. The topological polar surface area (TPSA) is 30.7 Å². The molecule has 0 aliphatic rings. The molecule has 0 fully saturated rings. The minimum atomic E-state index is 0.162. The highest BCUT2D eigenvalue weighted by Gasteiger charge is 2.22. The zero-order valence-electron chi connectivity index (χ0n) is 12.5. The zero-order valence-corrected chi connectivity index (χ0v) is 13.3. The lowest BCUT2D eigenvalue weighted by molar-refractivity contribution is 0.426. The molecule has 0 saturated heterocycles.